The molecule has 0 saturated carbocycles. The molecule has 0 aliphatic rings. The van der Waals surface area contributed by atoms with E-state index in [2.05, 4.69) is 17.2 Å². The predicted molar refractivity (Wildman–Crippen MR) is 82.0 cm³/mol. The number of thiophene rings is 1. The van der Waals surface area contributed by atoms with Crippen LogP contribution in [0.5, 0.6) is 0 Å². The Morgan fingerprint density at radius 3 is 2.90 bits per heavy atom. The number of carbonyl (C=O) groups is 1. The number of carbonyl (C=O) groups excluding carboxylic acids is 1. The first-order valence-corrected chi connectivity index (χ1v) is 7.24. The third-order valence-electron chi connectivity index (χ3n) is 2.76. The van der Waals surface area contributed by atoms with Crippen LogP contribution in [-0.4, -0.2) is 17.6 Å². The molecule has 108 valence electrons. The number of rotatable bonds is 3. The maximum absolute atomic E-state index is 13.3. The fourth-order valence-corrected chi connectivity index (χ4v) is 2.55. The molecule has 0 bridgehead atoms. The normalized spacial score (nSPS) is 9.86. The van der Waals surface area contributed by atoms with E-state index in [4.69, 9.17) is 5.11 Å². The van der Waals surface area contributed by atoms with Crippen molar-refractivity contribution in [3.8, 4) is 11.8 Å². The zero-order valence-electron chi connectivity index (χ0n) is 11.4. The smallest absolute Gasteiger partial charge is 0.266 e. The van der Waals surface area contributed by atoms with Crippen LogP contribution in [0.15, 0.2) is 29.6 Å². The lowest BCUT2D eigenvalue weighted by molar-refractivity contribution is 0.103. The number of nitrogens with one attached hydrogen (secondary N) is 1. The fraction of sp³-hybridized carbons (Fsp3) is 0.188. The van der Waals surface area contributed by atoms with Crippen LogP contribution in [0, 0.1) is 24.6 Å². The summed E-state index contributed by atoms with van der Waals surface area (Å²) in [5.74, 6) is 4.82. The first kappa shape index (κ1) is 15.2. The van der Waals surface area contributed by atoms with Crippen molar-refractivity contribution in [1.82, 2.24) is 0 Å². The Labute approximate surface area is 126 Å². The molecular formula is C16H14FNO2S. The van der Waals surface area contributed by atoms with Gasteiger partial charge in [0, 0.05) is 6.42 Å². The van der Waals surface area contributed by atoms with E-state index in [1.807, 2.05) is 18.4 Å². The number of halogens is 1. The molecule has 0 saturated heterocycles. The van der Waals surface area contributed by atoms with E-state index in [0.717, 1.165) is 5.56 Å². The maximum atomic E-state index is 13.3. The van der Waals surface area contributed by atoms with Gasteiger partial charge < -0.3 is 10.4 Å². The Morgan fingerprint density at radius 2 is 2.24 bits per heavy atom. The van der Waals surface area contributed by atoms with E-state index < -0.39 is 5.82 Å². The monoisotopic (exact) mass is 303 g/mol. The third-order valence-corrected chi connectivity index (χ3v) is 3.77. The molecule has 2 N–H and O–H groups in total. The Bertz CT molecular complexity index is 713. The van der Waals surface area contributed by atoms with E-state index in [1.54, 1.807) is 0 Å². The first-order valence-electron chi connectivity index (χ1n) is 6.36. The number of aliphatic hydroxyl groups excluding tert-OH is 1. The van der Waals surface area contributed by atoms with Gasteiger partial charge in [0.1, 0.15) is 5.82 Å². The molecule has 0 aliphatic heterocycles. The maximum Gasteiger partial charge on any atom is 0.266 e. The highest BCUT2D eigenvalue weighted by Crippen LogP contribution is 2.20. The first-order chi connectivity index (χ1) is 10.1. The molecule has 3 nitrogen and oxygen atoms in total. The van der Waals surface area contributed by atoms with Crippen molar-refractivity contribution >= 4 is 22.9 Å². The number of benzene rings is 1. The Kier molecular flexibility index (Phi) is 5.09. The molecule has 0 unspecified atom stereocenters. The predicted octanol–water partition coefficient (Wildman–Crippen LogP) is 3.18. The van der Waals surface area contributed by atoms with Crippen LogP contribution in [-0.2, 0) is 0 Å². The Balaban J connectivity index is 2.26. The van der Waals surface area contributed by atoms with E-state index in [-0.39, 0.29) is 12.5 Å². The fourth-order valence-electron chi connectivity index (χ4n) is 1.73. The SMILES string of the molecule is Cc1ccsc1C(=O)Nc1ccc(F)cc1C#CCCO. The van der Waals surface area contributed by atoms with E-state index in [0.29, 0.717) is 22.5 Å². The second-order valence-electron chi connectivity index (χ2n) is 4.35. The van der Waals surface area contributed by atoms with Gasteiger partial charge in [0.25, 0.3) is 5.91 Å². The van der Waals surface area contributed by atoms with Crippen molar-refractivity contribution < 1.29 is 14.3 Å². The molecule has 2 rings (SSSR count). The van der Waals surface area contributed by atoms with Gasteiger partial charge in [-0.1, -0.05) is 11.8 Å². The quantitative estimate of drug-likeness (QED) is 0.856. The number of aryl methyl sites for hydroxylation is 1. The molecule has 1 aromatic heterocycles. The summed E-state index contributed by atoms with van der Waals surface area (Å²) in [4.78, 5) is 12.8. The van der Waals surface area contributed by atoms with Crippen LogP contribution in [0.1, 0.15) is 27.2 Å². The van der Waals surface area contributed by atoms with Gasteiger partial charge in [0.2, 0.25) is 0 Å². The van der Waals surface area contributed by atoms with Gasteiger partial charge in [0.05, 0.1) is 22.7 Å². The molecular weight excluding hydrogens is 289 g/mol. The molecule has 5 heteroatoms. The molecule has 1 heterocycles. The van der Waals surface area contributed by atoms with Gasteiger partial charge in [0.15, 0.2) is 0 Å². The molecule has 0 atom stereocenters. The minimum Gasteiger partial charge on any atom is -0.395 e. The number of hydrogen-bond acceptors (Lipinski definition) is 3. The van der Waals surface area contributed by atoms with Crippen molar-refractivity contribution in [2.75, 3.05) is 11.9 Å². The van der Waals surface area contributed by atoms with Crippen LogP contribution < -0.4 is 5.32 Å². The number of hydrogen-bond donors (Lipinski definition) is 2. The van der Waals surface area contributed by atoms with Gasteiger partial charge in [-0.25, -0.2) is 4.39 Å². The van der Waals surface area contributed by atoms with Gasteiger partial charge >= 0.3 is 0 Å². The topological polar surface area (TPSA) is 49.3 Å². The van der Waals surface area contributed by atoms with E-state index >= 15 is 0 Å². The lowest BCUT2D eigenvalue weighted by Crippen LogP contribution is -2.12. The van der Waals surface area contributed by atoms with Gasteiger partial charge in [-0.15, -0.1) is 11.3 Å². The van der Waals surface area contributed by atoms with Gasteiger partial charge in [-0.2, -0.15) is 0 Å². The van der Waals surface area contributed by atoms with Crippen LogP contribution in [0.4, 0.5) is 10.1 Å². The standard InChI is InChI=1S/C16H14FNO2S/c1-11-7-9-21-15(11)16(20)18-14-6-5-13(17)10-12(14)4-2-3-8-19/h5-7,9-10,19H,3,8H2,1H3,(H,18,20). The second-order valence-corrected chi connectivity index (χ2v) is 5.27. The van der Waals surface area contributed by atoms with E-state index in [1.165, 1.54) is 29.5 Å². The van der Waals surface area contributed by atoms with Crippen LogP contribution in [0.3, 0.4) is 0 Å². The molecule has 0 spiro atoms. The highest BCUT2D eigenvalue weighted by atomic mass is 32.1. The average molecular weight is 303 g/mol. The van der Waals surface area contributed by atoms with Gasteiger partial charge in [-0.05, 0) is 42.1 Å². The minimum atomic E-state index is -0.423. The number of amides is 1. The zero-order valence-corrected chi connectivity index (χ0v) is 12.3. The molecule has 21 heavy (non-hydrogen) atoms. The summed E-state index contributed by atoms with van der Waals surface area (Å²) in [5.41, 5.74) is 1.75. The Hall–Kier alpha value is -2.16. The van der Waals surface area contributed by atoms with Crippen molar-refractivity contribution in [3.63, 3.8) is 0 Å². The Morgan fingerprint density at radius 1 is 1.43 bits per heavy atom. The largest absolute Gasteiger partial charge is 0.395 e. The van der Waals surface area contributed by atoms with Crippen LogP contribution in [0.2, 0.25) is 0 Å². The molecule has 2 aromatic rings. The number of aliphatic hydroxyl groups is 1. The van der Waals surface area contributed by atoms with Crippen molar-refractivity contribution in [2.24, 2.45) is 0 Å². The van der Waals surface area contributed by atoms with Crippen molar-refractivity contribution in [3.05, 3.63) is 51.5 Å². The highest BCUT2D eigenvalue weighted by molar-refractivity contribution is 7.12. The second kappa shape index (κ2) is 7.02. The summed E-state index contributed by atoms with van der Waals surface area (Å²) < 4.78 is 13.3. The molecule has 0 radical (unpaired) electrons. The summed E-state index contributed by atoms with van der Waals surface area (Å²) in [6, 6.07) is 5.89. The zero-order chi connectivity index (χ0) is 15.2. The average Bonchev–Trinajstić information content (AvgIpc) is 2.88. The molecule has 1 amide bonds. The third kappa shape index (κ3) is 3.91. The summed E-state index contributed by atoms with van der Waals surface area (Å²) >= 11 is 1.35. The van der Waals surface area contributed by atoms with Crippen LogP contribution >= 0.6 is 11.3 Å². The summed E-state index contributed by atoms with van der Waals surface area (Å²) in [6.07, 6.45) is 0.300. The lowest BCUT2D eigenvalue weighted by atomic mass is 10.1. The van der Waals surface area contributed by atoms with Crippen molar-refractivity contribution in [1.29, 1.82) is 0 Å². The summed E-state index contributed by atoms with van der Waals surface area (Å²) in [7, 11) is 0. The molecule has 1 aromatic carbocycles. The summed E-state index contributed by atoms with van der Waals surface area (Å²) in [6.45, 7) is 1.80. The lowest BCUT2D eigenvalue weighted by Gasteiger charge is -2.07. The summed E-state index contributed by atoms with van der Waals surface area (Å²) in [5, 5.41) is 13.3. The van der Waals surface area contributed by atoms with Crippen LogP contribution in [0.25, 0.3) is 0 Å². The van der Waals surface area contributed by atoms with Gasteiger partial charge in [-0.3, -0.25) is 4.79 Å². The highest BCUT2D eigenvalue weighted by Gasteiger charge is 2.12. The molecule has 0 aliphatic carbocycles. The minimum absolute atomic E-state index is 0.0571. The number of anilines is 1. The van der Waals surface area contributed by atoms with E-state index in [9.17, 15) is 9.18 Å². The van der Waals surface area contributed by atoms with Crippen molar-refractivity contribution in [2.45, 2.75) is 13.3 Å². The molecule has 0 fully saturated rings.